The van der Waals surface area contributed by atoms with Crippen molar-refractivity contribution in [2.24, 2.45) is 0 Å². The average molecular weight is 358 g/mol. The first kappa shape index (κ1) is 17.7. The molecule has 0 aliphatic heterocycles. The molecule has 0 amide bonds. The van der Waals surface area contributed by atoms with Gasteiger partial charge in [-0.05, 0) is 44.2 Å². The molecular weight excluding hydrogens is 334 g/mol. The van der Waals surface area contributed by atoms with Crippen LogP contribution in [0.1, 0.15) is 44.9 Å². The highest BCUT2D eigenvalue weighted by molar-refractivity contribution is 6.05. The summed E-state index contributed by atoms with van der Waals surface area (Å²) in [6.45, 7) is 2.97. The molecule has 25 heavy (non-hydrogen) atoms. The number of nitrogens with one attached hydrogen (secondary N) is 1. The lowest BCUT2D eigenvalue weighted by atomic mass is 9.97. The minimum Gasteiger partial charge on any atom is -0.450 e. The number of nitrogens with zero attached hydrogens (tertiary/aromatic N) is 2. The molecule has 5 heteroatoms. The van der Waals surface area contributed by atoms with E-state index in [1.165, 1.54) is 25.7 Å². The van der Waals surface area contributed by atoms with Crippen molar-refractivity contribution in [2.45, 2.75) is 45.4 Å². The standard InChI is InChI=1S/C20H23N3O.ClH/c1-2-17-22-18-15-10-6-7-11-16(15)24-19(18)20(23-17)21-13-12-14-8-4-3-5-9-14;/h6-8,10-11H,2-5,9,12-13H2,1H3,(H,21,22,23);1H. The number of anilines is 1. The molecular formula is C20H24ClN3O. The van der Waals surface area contributed by atoms with Crippen molar-refractivity contribution >= 4 is 40.3 Å². The molecule has 1 aliphatic rings. The summed E-state index contributed by atoms with van der Waals surface area (Å²) in [6, 6.07) is 8.05. The SMILES string of the molecule is CCc1nc(NCCC2=CCCCC2)c2oc3ccccc3c2n1.Cl. The Hall–Kier alpha value is -2.07. The second-order valence-corrected chi connectivity index (χ2v) is 6.40. The zero-order valence-corrected chi connectivity index (χ0v) is 15.4. The Kier molecular flexibility index (Phi) is 5.59. The van der Waals surface area contributed by atoms with E-state index in [4.69, 9.17) is 4.42 Å². The third-order valence-electron chi connectivity index (χ3n) is 4.71. The van der Waals surface area contributed by atoms with Gasteiger partial charge in [0.25, 0.3) is 0 Å². The maximum absolute atomic E-state index is 6.02. The lowest BCUT2D eigenvalue weighted by molar-refractivity contribution is 0.663. The largest absolute Gasteiger partial charge is 0.450 e. The smallest absolute Gasteiger partial charge is 0.196 e. The van der Waals surface area contributed by atoms with Crippen LogP contribution in [0.25, 0.3) is 22.1 Å². The summed E-state index contributed by atoms with van der Waals surface area (Å²) >= 11 is 0. The molecule has 0 saturated carbocycles. The maximum atomic E-state index is 6.02. The average Bonchev–Trinajstić information content (AvgIpc) is 3.01. The summed E-state index contributed by atoms with van der Waals surface area (Å²) in [6.07, 6.45) is 9.43. The molecule has 0 atom stereocenters. The van der Waals surface area contributed by atoms with Crippen LogP contribution in [0.15, 0.2) is 40.3 Å². The molecule has 2 heterocycles. The third kappa shape index (κ3) is 3.64. The fourth-order valence-corrected chi connectivity index (χ4v) is 3.39. The van der Waals surface area contributed by atoms with Gasteiger partial charge < -0.3 is 9.73 Å². The van der Waals surface area contributed by atoms with E-state index in [0.29, 0.717) is 0 Å². The van der Waals surface area contributed by atoms with Crippen LogP contribution in [0.5, 0.6) is 0 Å². The normalized spacial score (nSPS) is 14.4. The molecule has 1 aliphatic carbocycles. The van der Waals surface area contributed by atoms with E-state index in [1.807, 2.05) is 18.2 Å². The van der Waals surface area contributed by atoms with Gasteiger partial charge in [0.05, 0.1) is 0 Å². The highest BCUT2D eigenvalue weighted by atomic mass is 35.5. The third-order valence-corrected chi connectivity index (χ3v) is 4.71. The first-order valence-corrected chi connectivity index (χ1v) is 8.95. The maximum Gasteiger partial charge on any atom is 0.196 e. The van der Waals surface area contributed by atoms with Crippen LogP contribution in [0.3, 0.4) is 0 Å². The zero-order valence-electron chi connectivity index (χ0n) is 14.5. The first-order chi connectivity index (χ1) is 11.8. The van der Waals surface area contributed by atoms with Crippen LogP contribution in [0.2, 0.25) is 0 Å². The van der Waals surface area contributed by atoms with Crippen molar-refractivity contribution in [3.05, 3.63) is 41.7 Å². The topological polar surface area (TPSA) is 51.0 Å². The molecule has 3 aromatic rings. The second kappa shape index (κ2) is 7.87. The summed E-state index contributed by atoms with van der Waals surface area (Å²) in [5.41, 5.74) is 4.12. The summed E-state index contributed by atoms with van der Waals surface area (Å²) in [4.78, 5) is 9.35. The van der Waals surface area contributed by atoms with Gasteiger partial charge in [0, 0.05) is 18.4 Å². The van der Waals surface area contributed by atoms with E-state index in [2.05, 4.69) is 34.4 Å². The van der Waals surface area contributed by atoms with Crippen LogP contribution >= 0.6 is 12.4 Å². The quantitative estimate of drug-likeness (QED) is 0.598. The summed E-state index contributed by atoms with van der Waals surface area (Å²) in [5.74, 6) is 1.68. The Morgan fingerprint density at radius 3 is 2.84 bits per heavy atom. The number of aryl methyl sites for hydroxylation is 1. The minimum atomic E-state index is 0. The number of halogens is 1. The number of fused-ring (bicyclic) bond motifs is 3. The number of rotatable bonds is 5. The Balaban J connectivity index is 0.00000182. The minimum absolute atomic E-state index is 0. The molecule has 0 bridgehead atoms. The fraction of sp³-hybridized carbons (Fsp3) is 0.400. The molecule has 4 nitrogen and oxygen atoms in total. The van der Waals surface area contributed by atoms with Gasteiger partial charge in [-0.25, -0.2) is 9.97 Å². The van der Waals surface area contributed by atoms with Crippen LogP contribution in [-0.2, 0) is 6.42 Å². The predicted octanol–water partition coefficient (Wildman–Crippen LogP) is 5.66. The number of aromatic nitrogens is 2. The van der Waals surface area contributed by atoms with Gasteiger partial charge in [0.2, 0.25) is 0 Å². The predicted molar refractivity (Wildman–Crippen MR) is 106 cm³/mol. The molecule has 0 spiro atoms. The molecule has 2 aromatic heterocycles. The Labute approximate surface area is 154 Å². The first-order valence-electron chi connectivity index (χ1n) is 8.95. The van der Waals surface area contributed by atoms with E-state index in [1.54, 1.807) is 5.57 Å². The van der Waals surface area contributed by atoms with Crippen molar-refractivity contribution in [1.82, 2.24) is 9.97 Å². The van der Waals surface area contributed by atoms with E-state index < -0.39 is 0 Å². The monoisotopic (exact) mass is 357 g/mol. The van der Waals surface area contributed by atoms with E-state index in [9.17, 15) is 0 Å². The van der Waals surface area contributed by atoms with Crippen LogP contribution in [-0.4, -0.2) is 16.5 Å². The van der Waals surface area contributed by atoms with Crippen molar-refractivity contribution in [1.29, 1.82) is 0 Å². The van der Waals surface area contributed by atoms with Crippen molar-refractivity contribution < 1.29 is 4.42 Å². The van der Waals surface area contributed by atoms with Gasteiger partial charge in [-0.1, -0.05) is 30.7 Å². The summed E-state index contributed by atoms with van der Waals surface area (Å²) in [7, 11) is 0. The fourth-order valence-electron chi connectivity index (χ4n) is 3.39. The number of hydrogen-bond acceptors (Lipinski definition) is 4. The highest BCUT2D eigenvalue weighted by Gasteiger charge is 2.15. The number of allylic oxidation sites excluding steroid dienone is 1. The Morgan fingerprint density at radius 2 is 2.04 bits per heavy atom. The number of hydrogen-bond donors (Lipinski definition) is 1. The van der Waals surface area contributed by atoms with Gasteiger partial charge >= 0.3 is 0 Å². The number of para-hydroxylation sites is 1. The number of benzene rings is 1. The van der Waals surface area contributed by atoms with Crippen molar-refractivity contribution in [3.8, 4) is 0 Å². The van der Waals surface area contributed by atoms with Crippen LogP contribution in [0, 0.1) is 0 Å². The van der Waals surface area contributed by atoms with Gasteiger partial charge in [0.1, 0.15) is 16.9 Å². The van der Waals surface area contributed by atoms with E-state index in [0.717, 1.165) is 53.1 Å². The molecule has 4 rings (SSSR count). The summed E-state index contributed by atoms with van der Waals surface area (Å²) < 4.78 is 6.02. The van der Waals surface area contributed by atoms with Gasteiger partial charge in [-0.2, -0.15) is 0 Å². The van der Waals surface area contributed by atoms with Crippen LogP contribution < -0.4 is 5.32 Å². The second-order valence-electron chi connectivity index (χ2n) is 6.40. The van der Waals surface area contributed by atoms with Crippen LogP contribution in [0.4, 0.5) is 5.82 Å². The molecule has 0 unspecified atom stereocenters. The van der Waals surface area contributed by atoms with Gasteiger partial charge in [0.15, 0.2) is 11.4 Å². The van der Waals surface area contributed by atoms with Crippen molar-refractivity contribution in [3.63, 3.8) is 0 Å². The van der Waals surface area contributed by atoms with E-state index >= 15 is 0 Å². The molecule has 0 fully saturated rings. The molecule has 132 valence electrons. The highest BCUT2D eigenvalue weighted by Crippen LogP contribution is 2.31. The Bertz CT molecular complexity index is 900. The van der Waals surface area contributed by atoms with Crippen molar-refractivity contribution in [2.75, 3.05) is 11.9 Å². The molecule has 0 saturated heterocycles. The zero-order chi connectivity index (χ0) is 16.4. The summed E-state index contributed by atoms with van der Waals surface area (Å²) in [5, 5.41) is 4.54. The van der Waals surface area contributed by atoms with Gasteiger partial charge in [-0.15, -0.1) is 12.4 Å². The Morgan fingerprint density at radius 1 is 1.16 bits per heavy atom. The lowest BCUT2D eigenvalue weighted by Gasteiger charge is -2.13. The van der Waals surface area contributed by atoms with E-state index in [-0.39, 0.29) is 12.4 Å². The molecule has 1 N–H and O–H groups in total. The molecule has 0 radical (unpaired) electrons. The lowest BCUT2D eigenvalue weighted by Crippen LogP contribution is -2.07. The number of furan rings is 1. The van der Waals surface area contributed by atoms with Gasteiger partial charge in [-0.3, -0.25) is 0 Å². The molecule has 1 aromatic carbocycles.